The Bertz CT molecular complexity index is 381. The van der Waals surface area contributed by atoms with E-state index in [-0.39, 0.29) is 5.82 Å². The Morgan fingerprint density at radius 3 is 2.83 bits per heavy atom. The van der Waals surface area contributed by atoms with Crippen molar-refractivity contribution in [1.29, 1.82) is 0 Å². The Labute approximate surface area is 109 Å². The molecule has 1 aliphatic carbocycles. The van der Waals surface area contributed by atoms with Gasteiger partial charge in [0.25, 0.3) is 0 Å². The van der Waals surface area contributed by atoms with Crippen molar-refractivity contribution in [1.82, 2.24) is 10.2 Å². The van der Waals surface area contributed by atoms with Gasteiger partial charge in [0.2, 0.25) is 0 Å². The van der Waals surface area contributed by atoms with Crippen LogP contribution in [0.25, 0.3) is 0 Å². The van der Waals surface area contributed by atoms with Crippen LogP contribution in [0.15, 0.2) is 24.3 Å². The minimum absolute atomic E-state index is 0.0923. The Morgan fingerprint density at radius 2 is 2.11 bits per heavy atom. The molecule has 1 fully saturated rings. The third kappa shape index (κ3) is 3.30. The SMILES string of the molecule is CNC1CCCC(N(C)Cc2ccccc2F)C1. The first-order valence-electron chi connectivity index (χ1n) is 6.81. The maximum Gasteiger partial charge on any atom is 0.127 e. The van der Waals surface area contributed by atoms with Gasteiger partial charge in [0.05, 0.1) is 0 Å². The van der Waals surface area contributed by atoms with Gasteiger partial charge in [-0.15, -0.1) is 0 Å². The van der Waals surface area contributed by atoms with E-state index >= 15 is 0 Å². The number of rotatable bonds is 4. The van der Waals surface area contributed by atoms with Gasteiger partial charge in [0.15, 0.2) is 0 Å². The summed E-state index contributed by atoms with van der Waals surface area (Å²) in [7, 11) is 4.14. The van der Waals surface area contributed by atoms with E-state index in [9.17, 15) is 4.39 Å². The zero-order chi connectivity index (χ0) is 13.0. The number of halogens is 1. The summed E-state index contributed by atoms with van der Waals surface area (Å²) >= 11 is 0. The standard InChI is InChI=1S/C15H23FN2/c1-17-13-7-5-8-14(10-13)18(2)11-12-6-3-4-9-15(12)16/h3-4,6,9,13-14,17H,5,7-8,10-11H2,1-2H3. The van der Waals surface area contributed by atoms with Crippen LogP contribution in [0.5, 0.6) is 0 Å². The lowest BCUT2D eigenvalue weighted by Gasteiger charge is -2.35. The van der Waals surface area contributed by atoms with Gasteiger partial charge >= 0.3 is 0 Å². The second-order valence-electron chi connectivity index (χ2n) is 5.31. The molecular weight excluding hydrogens is 227 g/mol. The Morgan fingerprint density at radius 1 is 1.33 bits per heavy atom. The van der Waals surface area contributed by atoms with Gasteiger partial charge < -0.3 is 5.32 Å². The molecule has 2 unspecified atom stereocenters. The fraction of sp³-hybridized carbons (Fsp3) is 0.600. The molecule has 0 bridgehead atoms. The molecule has 1 aromatic rings. The van der Waals surface area contributed by atoms with Gasteiger partial charge in [-0.1, -0.05) is 24.6 Å². The van der Waals surface area contributed by atoms with E-state index in [1.165, 1.54) is 25.7 Å². The van der Waals surface area contributed by atoms with Crippen LogP contribution in [0.4, 0.5) is 4.39 Å². The van der Waals surface area contributed by atoms with E-state index in [0.29, 0.717) is 18.6 Å². The summed E-state index contributed by atoms with van der Waals surface area (Å²) in [6.07, 6.45) is 4.92. The molecule has 1 aromatic carbocycles. The summed E-state index contributed by atoms with van der Waals surface area (Å²) in [5.41, 5.74) is 0.798. The average Bonchev–Trinajstić information content (AvgIpc) is 2.41. The minimum atomic E-state index is -0.0923. The highest BCUT2D eigenvalue weighted by Gasteiger charge is 2.24. The van der Waals surface area contributed by atoms with E-state index in [0.717, 1.165) is 5.56 Å². The molecule has 0 saturated heterocycles. The third-order valence-electron chi connectivity index (χ3n) is 4.06. The van der Waals surface area contributed by atoms with Crippen LogP contribution in [-0.4, -0.2) is 31.1 Å². The Balaban J connectivity index is 1.95. The highest BCUT2D eigenvalue weighted by atomic mass is 19.1. The van der Waals surface area contributed by atoms with Crippen LogP contribution >= 0.6 is 0 Å². The van der Waals surface area contributed by atoms with Gasteiger partial charge in [0.1, 0.15) is 5.82 Å². The Hall–Kier alpha value is -0.930. The van der Waals surface area contributed by atoms with Gasteiger partial charge in [0, 0.05) is 24.2 Å². The number of benzene rings is 1. The first kappa shape index (κ1) is 13.5. The third-order valence-corrected chi connectivity index (χ3v) is 4.06. The van der Waals surface area contributed by atoms with Gasteiger partial charge in [-0.25, -0.2) is 4.39 Å². The normalized spacial score (nSPS) is 24.4. The van der Waals surface area contributed by atoms with Crippen molar-refractivity contribution >= 4 is 0 Å². The molecule has 3 heteroatoms. The number of hydrogen-bond acceptors (Lipinski definition) is 2. The molecule has 2 nitrogen and oxygen atoms in total. The number of hydrogen-bond donors (Lipinski definition) is 1. The molecule has 1 aliphatic rings. The molecule has 1 saturated carbocycles. The second kappa shape index (κ2) is 6.30. The van der Waals surface area contributed by atoms with Gasteiger partial charge in [-0.05, 0) is 39.4 Å². The van der Waals surface area contributed by atoms with E-state index in [2.05, 4.69) is 17.3 Å². The number of nitrogens with zero attached hydrogens (tertiary/aromatic N) is 1. The van der Waals surface area contributed by atoms with Gasteiger partial charge in [-0.3, -0.25) is 4.90 Å². The van der Waals surface area contributed by atoms with E-state index in [4.69, 9.17) is 0 Å². The van der Waals surface area contributed by atoms with Crippen LogP contribution < -0.4 is 5.32 Å². The largest absolute Gasteiger partial charge is 0.317 e. The summed E-state index contributed by atoms with van der Waals surface area (Å²) in [6, 6.07) is 8.26. The van der Waals surface area contributed by atoms with Crippen molar-refractivity contribution in [3.05, 3.63) is 35.6 Å². The summed E-state index contributed by atoms with van der Waals surface area (Å²) in [5.74, 6) is -0.0923. The van der Waals surface area contributed by atoms with Crippen molar-refractivity contribution in [3.63, 3.8) is 0 Å². The molecule has 1 N–H and O–H groups in total. The molecule has 2 atom stereocenters. The topological polar surface area (TPSA) is 15.3 Å². The van der Waals surface area contributed by atoms with Crippen LogP contribution in [0.1, 0.15) is 31.2 Å². The van der Waals surface area contributed by atoms with Crippen molar-refractivity contribution in [3.8, 4) is 0 Å². The van der Waals surface area contributed by atoms with Crippen LogP contribution in [0.2, 0.25) is 0 Å². The maximum absolute atomic E-state index is 13.6. The smallest absolute Gasteiger partial charge is 0.127 e. The van der Waals surface area contributed by atoms with Crippen LogP contribution in [0.3, 0.4) is 0 Å². The molecule has 0 aliphatic heterocycles. The molecule has 18 heavy (non-hydrogen) atoms. The van der Waals surface area contributed by atoms with Crippen molar-refractivity contribution in [2.75, 3.05) is 14.1 Å². The molecule has 0 amide bonds. The van der Waals surface area contributed by atoms with E-state index in [1.807, 2.05) is 19.2 Å². The summed E-state index contributed by atoms with van der Waals surface area (Å²) in [5, 5.41) is 3.36. The molecule has 0 heterocycles. The lowest BCUT2D eigenvalue weighted by Crippen LogP contribution is -2.41. The molecular formula is C15H23FN2. The highest BCUT2D eigenvalue weighted by molar-refractivity contribution is 5.17. The number of nitrogens with one attached hydrogen (secondary N) is 1. The zero-order valence-electron chi connectivity index (χ0n) is 11.3. The maximum atomic E-state index is 13.6. The average molecular weight is 250 g/mol. The van der Waals surface area contributed by atoms with Crippen molar-refractivity contribution < 1.29 is 4.39 Å². The quantitative estimate of drug-likeness (QED) is 0.884. The van der Waals surface area contributed by atoms with E-state index in [1.54, 1.807) is 12.1 Å². The lowest BCUT2D eigenvalue weighted by atomic mass is 9.90. The minimum Gasteiger partial charge on any atom is -0.317 e. The van der Waals surface area contributed by atoms with Crippen molar-refractivity contribution in [2.24, 2.45) is 0 Å². The summed E-state index contributed by atoms with van der Waals surface area (Å²) < 4.78 is 13.6. The predicted molar refractivity (Wildman–Crippen MR) is 73.0 cm³/mol. The summed E-state index contributed by atoms with van der Waals surface area (Å²) in [4.78, 5) is 2.29. The molecule has 100 valence electrons. The van der Waals surface area contributed by atoms with E-state index < -0.39 is 0 Å². The van der Waals surface area contributed by atoms with Crippen LogP contribution in [0, 0.1) is 5.82 Å². The lowest BCUT2D eigenvalue weighted by molar-refractivity contribution is 0.164. The first-order chi connectivity index (χ1) is 8.70. The molecule has 0 spiro atoms. The van der Waals surface area contributed by atoms with Crippen LogP contribution in [-0.2, 0) is 6.54 Å². The zero-order valence-corrected chi connectivity index (χ0v) is 11.3. The summed E-state index contributed by atoms with van der Waals surface area (Å²) in [6.45, 7) is 0.702. The first-order valence-corrected chi connectivity index (χ1v) is 6.81. The highest BCUT2D eigenvalue weighted by Crippen LogP contribution is 2.23. The molecule has 0 radical (unpaired) electrons. The van der Waals surface area contributed by atoms with Crippen molar-refractivity contribution in [2.45, 2.75) is 44.3 Å². The van der Waals surface area contributed by atoms with Gasteiger partial charge in [-0.2, -0.15) is 0 Å². The fourth-order valence-corrected chi connectivity index (χ4v) is 2.85. The second-order valence-corrected chi connectivity index (χ2v) is 5.31. The molecule has 0 aromatic heterocycles. The predicted octanol–water partition coefficient (Wildman–Crippen LogP) is 2.79. The Kier molecular flexibility index (Phi) is 4.72. The fourth-order valence-electron chi connectivity index (χ4n) is 2.85. The molecule has 2 rings (SSSR count). The monoisotopic (exact) mass is 250 g/mol.